The Hall–Kier alpha value is 0.100. The summed E-state index contributed by atoms with van der Waals surface area (Å²) in [4.78, 5) is 2.46. The van der Waals surface area contributed by atoms with Gasteiger partial charge in [-0.1, -0.05) is 20.8 Å². The molecule has 0 saturated carbocycles. The lowest BCUT2D eigenvalue weighted by atomic mass is 9.81. The number of nitrogens with zero attached hydrogens (tertiary/aromatic N) is 1. The minimum atomic E-state index is 0.401. The van der Waals surface area contributed by atoms with Crippen LogP contribution >= 0.6 is 27.3 Å². The molecule has 0 spiro atoms. The maximum atomic E-state index is 3.54. The fourth-order valence-electron chi connectivity index (χ4n) is 2.54. The van der Waals surface area contributed by atoms with E-state index in [1.807, 2.05) is 0 Å². The first-order chi connectivity index (χ1) is 9.05. The highest BCUT2D eigenvalue weighted by molar-refractivity contribution is 9.11. The van der Waals surface area contributed by atoms with E-state index in [1.54, 1.807) is 11.3 Å². The number of nitrogens with one attached hydrogen (secondary N) is 1. The molecule has 0 radical (unpaired) electrons. The maximum absolute atomic E-state index is 3.54. The molecule has 110 valence electrons. The molecular formula is C15H27BrN2S. The van der Waals surface area contributed by atoms with Crippen LogP contribution < -0.4 is 5.32 Å². The van der Waals surface area contributed by atoms with Gasteiger partial charge in [-0.3, -0.25) is 0 Å². The van der Waals surface area contributed by atoms with Crippen molar-refractivity contribution in [3.63, 3.8) is 0 Å². The van der Waals surface area contributed by atoms with Crippen LogP contribution in [0.1, 0.15) is 39.2 Å². The van der Waals surface area contributed by atoms with Crippen LogP contribution in [0.2, 0.25) is 0 Å². The summed E-state index contributed by atoms with van der Waals surface area (Å²) in [6, 6.07) is 2.23. The van der Waals surface area contributed by atoms with Crippen molar-refractivity contribution >= 4 is 27.3 Å². The van der Waals surface area contributed by atoms with Gasteiger partial charge in [0.1, 0.15) is 0 Å². The number of hydrogen-bond acceptors (Lipinski definition) is 3. The second-order valence-corrected chi connectivity index (χ2v) is 7.71. The molecule has 0 atom stereocenters. The van der Waals surface area contributed by atoms with Crippen molar-refractivity contribution in [2.75, 3.05) is 26.7 Å². The van der Waals surface area contributed by atoms with Gasteiger partial charge >= 0.3 is 0 Å². The van der Waals surface area contributed by atoms with E-state index >= 15 is 0 Å². The van der Waals surface area contributed by atoms with Crippen molar-refractivity contribution < 1.29 is 0 Å². The van der Waals surface area contributed by atoms with Crippen LogP contribution in [0, 0.1) is 5.41 Å². The zero-order valence-electron chi connectivity index (χ0n) is 12.6. The molecule has 1 rings (SSSR count). The molecule has 0 bridgehead atoms. The Balaban J connectivity index is 2.57. The van der Waals surface area contributed by atoms with E-state index < -0.39 is 0 Å². The average molecular weight is 347 g/mol. The predicted molar refractivity (Wildman–Crippen MR) is 89.9 cm³/mol. The highest BCUT2D eigenvalue weighted by atomic mass is 79.9. The molecule has 19 heavy (non-hydrogen) atoms. The van der Waals surface area contributed by atoms with Crippen LogP contribution in [0.5, 0.6) is 0 Å². The molecule has 0 aliphatic rings. The Morgan fingerprint density at radius 2 is 2.00 bits per heavy atom. The highest BCUT2D eigenvalue weighted by Gasteiger charge is 2.27. The molecule has 0 aliphatic heterocycles. The second kappa shape index (κ2) is 8.40. The molecule has 0 aromatic carbocycles. The van der Waals surface area contributed by atoms with Crippen LogP contribution in [0.3, 0.4) is 0 Å². The Morgan fingerprint density at radius 3 is 2.47 bits per heavy atom. The molecule has 0 amide bonds. The van der Waals surface area contributed by atoms with Gasteiger partial charge in [0.05, 0.1) is 3.79 Å². The van der Waals surface area contributed by atoms with Crippen LogP contribution in [-0.4, -0.2) is 31.6 Å². The van der Waals surface area contributed by atoms with E-state index in [1.165, 1.54) is 22.2 Å². The van der Waals surface area contributed by atoms with E-state index in [0.29, 0.717) is 5.41 Å². The van der Waals surface area contributed by atoms with Crippen molar-refractivity contribution in [1.82, 2.24) is 10.2 Å². The summed E-state index contributed by atoms with van der Waals surface area (Å²) in [7, 11) is 2.23. The maximum Gasteiger partial charge on any atom is 0.0701 e. The Bertz CT molecular complexity index is 361. The standard InChI is InChI=1S/C15H27BrN2S/c1-5-15(6-2,11-17-7-3)12-18(4)9-13-8-14(16)19-10-13/h8,10,17H,5-7,9,11-12H2,1-4H3. The average Bonchev–Trinajstić information content (AvgIpc) is 2.80. The van der Waals surface area contributed by atoms with E-state index in [9.17, 15) is 0 Å². The topological polar surface area (TPSA) is 15.3 Å². The smallest absolute Gasteiger partial charge is 0.0701 e. The molecule has 0 fully saturated rings. The quantitative estimate of drug-likeness (QED) is 0.714. The number of hydrogen-bond donors (Lipinski definition) is 1. The molecule has 1 N–H and O–H groups in total. The van der Waals surface area contributed by atoms with Gasteiger partial charge in [-0.25, -0.2) is 0 Å². The fourth-order valence-corrected chi connectivity index (χ4v) is 3.74. The third kappa shape index (κ3) is 5.54. The molecule has 0 saturated heterocycles. The molecule has 2 nitrogen and oxygen atoms in total. The van der Waals surface area contributed by atoms with E-state index in [0.717, 1.165) is 26.2 Å². The Labute approximate surface area is 130 Å². The largest absolute Gasteiger partial charge is 0.316 e. The van der Waals surface area contributed by atoms with Gasteiger partial charge in [-0.2, -0.15) is 0 Å². The lowest BCUT2D eigenvalue weighted by Gasteiger charge is -2.36. The summed E-state index contributed by atoms with van der Waals surface area (Å²) < 4.78 is 1.22. The van der Waals surface area contributed by atoms with Gasteiger partial charge in [0.2, 0.25) is 0 Å². The van der Waals surface area contributed by atoms with Crippen LogP contribution in [-0.2, 0) is 6.54 Å². The summed E-state index contributed by atoms with van der Waals surface area (Å²) in [5.41, 5.74) is 1.81. The van der Waals surface area contributed by atoms with Gasteiger partial charge < -0.3 is 10.2 Å². The van der Waals surface area contributed by atoms with E-state index in [4.69, 9.17) is 0 Å². The number of halogens is 1. The van der Waals surface area contributed by atoms with Crippen molar-refractivity contribution in [2.24, 2.45) is 5.41 Å². The molecular weight excluding hydrogens is 320 g/mol. The van der Waals surface area contributed by atoms with Crippen molar-refractivity contribution in [1.29, 1.82) is 0 Å². The normalized spacial score (nSPS) is 12.3. The van der Waals surface area contributed by atoms with Crippen molar-refractivity contribution in [3.8, 4) is 0 Å². The third-order valence-electron chi connectivity index (χ3n) is 3.93. The number of thiophene rings is 1. The summed E-state index contributed by atoms with van der Waals surface area (Å²) in [5.74, 6) is 0. The molecule has 1 heterocycles. The van der Waals surface area contributed by atoms with Crippen molar-refractivity contribution in [2.45, 2.75) is 40.2 Å². The van der Waals surface area contributed by atoms with Crippen molar-refractivity contribution in [3.05, 3.63) is 20.8 Å². The van der Waals surface area contributed by atoms with Gasteiger partial charge in [-0.15, -0.1) is 11.3 Å². The lowest BCUT2D eigenvalue weighted by molar-refractivity contribution is 0.151. The van der Waals surface area contributed by atoms with Crippen LogP contribution in [0.25, 0.3) is 0 Å². The van der Waals surface area contributed by atoms with Crippen LogP contribution in [0.15, 0.2) is 15.2 Å². The SMILES string of the molecule is CCNCC(CC)(CC)CN(C)Cc1csc(Br)c1. The molecule has 1 aromatic heterocycles. The van der Waals surface area contributed by atoms with Gasteiger partial charge in [0.15, 0.2) is 0 Å². The molecule has 0 aliphatic carbocycles. The van der Waals surface area contributed by atoms with Gasteiger partial charge in [0, 0.05) is 19.6 Å². The summed E-state index contributed by atoms with van der Waals surface area (Å²) in [6.07, 6.45) is 2.46. The summed E-state index contributed by atoms with van der Waals surface area (Å²) in [5, 5.41) is 5.77. The van der Waals surface area contributed by atoms with Gasteiger partial charge in [-0.05, 0) is 64.8 Å². The lowest BCUT2D eigenvalue weighted by Crippen LogP contribution is -2.42. The first kappa shape index (κ1) is 17.2. The Kier molecular flexibility index (Phi) is 7.58. The van der Waals surface area contributed by atoms with Crippen LogP contribution in [0.4, 0.5) is 0 Å². The zero-order chi connectivity index (χ0) is 14.3. The molecule has 0 unspecified atom stereocenters. The molecule has 1 aromatic rings. The monoisotopic (exact) mass is 346 g/mol. The first-order valence-corrected chi connectivity index (χ1v) is 8.84. The summed E-state index contributed by atoms with van der Waals surface area (Å²) in [6.45, 7) is 11.2. The predicted octanol–water partition coefficient (Wildman–Crippen LogP) is 4.36. The molecule has 4 heteroatoms. The first-order valence-electron chi connectivity index (χ1n) is 7.17. The summed E-state index contributed by atoms with van der Waals surface area (Å²) >= 11 is 5.30. The Morgan fingerprint density at radius 1 is 1.32 bits per heavy atom. The third-order valence-corrected chi connectivity index (χ3v) is 5.48. The van der Waals surface area contributed by atoms with E-state index in [2.05, 4.69) is 65.4 Å². The fraction of sp³-hybridized carbons (Fsp3) is 0.733. The number of rotatable bonds is 9. The van der Waals surface area contributed by atoms with Gasteiger partial charge in [0.25, 0.3) is 0 Å². The minimum Gasteiger partial charge on any atom is -0.316 e. The second-order valence-electron chi connectivity index (χ2n) is 5.42. The zero-order valence-corrected chi connectivity index (χ0v) is 15.0. The minimum absolute atomic E-state index is 0.401. The van der Waals surface area contributed by atoms with E-state index in [-0.39, 0.29) is 0 Å². The highest BCUT2D eigenvalue weighted by Crippen LogP contribution is 2.28.